The summed E-state index contributed by atoms with van der Waals surface area (Å²) in [5, 5.41) is 10.2. The smallest absolute Gasteiger partial charge is 0.162 e. The van der Waals surface area contributed by atoms with Gasteiger partial charge in [0.05, 0.1) is 7.11 Å². The van der Waals surface area contributed by atoms with Crippen molar-refractivity contribution >= 4 is 28.3 Å². The van der Waals surface area contributed by atoms with Crippen LogP contribution in [0.3, 0.4) is 0 Å². The van der Waals surface area contributed by atoms with E-state index in [9.17, 15) is 5.11 Å². The summed E-state index contributed by atoms with van der Waals surface area (Å²) < 4.78 is 6.10. The van der Waals surface area contributed by atoms with E-state index in [4.69, 9.17) is 10.5 Å². The number of phenolic OH excluding ortho intramolecular Hbond substituents is 1. The molecule has 0 amide bonds. The molecule has 2 rings (SSSR count). The summed E-state index contributed by atoms with van der Waals surface area (Å²) in [5.74, 6) is 0.735. The maximum Gasteiger partial charge on any atom is 0.162 e. The van der Waals surface area contributed by atoms with E-state index >= 15 is 0 Å². The molecule has 0 aromatic heterocycles. The van der Waals surface area contributed by atoms with Gasteiger partial charge in [-0.3, -0.25) is 4.90 Å². The largest absolute Gasteiger partial charge is 0.504 e. The van der Waals surface area contributed by atoms with E-state index in [1.54, 1.807) is 13.2 Å². The average molecular weight is 366 g/mol. The Balaban J connectivity index is 0.00000200. The van der Waals surface area contributed by atoms with Crippen LogP contribution in [-0.2, 0) is 6.54 Å². The van der Waals surface area contributed by atoms with Crippen LogP contribution in [0, 0.1) is 0 Å². The number of hydrogen-bond donors (Lipinski definition) is 2. The third kappa shape index (κ3) is 4.01. The van der Waals surface area contributed by atoms with Crippen molar-refractivity contribution in [2.75, 3.05) is 13.7 Å². The van der Waals surface area contributed by atoms with Gasteiger partial charge in [0.15, 0.2) is 11.5 Å². The minimum Gasteiger partial charge on any atom is -0.504 e. The van der Waals surface area contributed by atoms with Crippen molar-refractivity contribution in [2.24, 2.45) is 5.73 Å². The summed E-state index contributed by atoms with van der Waals surface area (Å²) in [6, 6.07) is 4.46. The molecule has 0 saturated carbocycles. The van der Waals surface area contributed by atoms with E-state index in [0.717, 1.165) is 36.0 Å². The number of aromatic hydroxyl groups is 1. The van der Waals surface area contributed by atoms with Crippen LogP contribution in [0.5, 0.6) is 11.5 Å². The average Bonchev–Trinajstić information content (AvgIpc) is 2.36. The fourth-order valence-corrected chi connectivity index (χ4v) is 3.10. The number of hydrogen-bond acceptors (Lipinski definition) is 4. The Hall–Kier alpha value is -0.490. The molecule has 20 heavy (non-hydrogen) atoms. The summed E-state index contributed by atoms with van der Waals surface area (Å²) in [6.45, 7) is 3.87. The quantitative estimate of drug-likeness (QED) is 0.865. The van der Waals surface area contributed by atoms with Crippen molar-refractivity contribution in [1.29, 1.82) is 0 Å². The van der Waals surface area contributed by atoms with Gasteiger partial charge in [0.25, 0.3) is 0 Å². The molecular formula is C14H22BrClN2O2. The molecule has 1 aromatic carbocycles. The second kappa shape index (κ2) is 7.50. The fourth-order valence-electron chi connectivity index (χ4n) is 2.62. The number of piperidine rings is 1. The van der Waals surface area contributed by atoms with Crippen molar-refractivity contribution < 1.29 is 9.84 Å². The van der Waals surface area contributed by atoms with Crippen LogP contribution in [0.25, 0.3) is 0 Å². The Kier molecular flexibility index (Phi) is 6.58. The highest BCUT2D eigenvalue weighted by atomic mass is 79.9. The van der Waals surface area contributed by atoms with E-state index in [1.807, 2.05) is 6.07 Å². The zero-order valence-corrected chi connectivity index (χ0v) is 14.2. The number of phenols is 1. The third-order valence-corrected chi connectivity index (χ3v) is 4.22. The highest BCUT2D eigenvalue weighted by Gasteiger charge is 2.24. The number of benzene rings is 1. The van der Waals surface area contributed by atoms with Gasteiger partial charge in [0.1, 0.15) is 0 Å². The SMILES string of the molecule is COc1cc(Br)cc(CN2CCC(N)CC2C)c1O.Cl. The van der Waals surface area contributed by atoms with Gasteiger partial charge in [-0.15, -0.1) is 12.4 Å². The lowest BCUT2D eigenvalue weighted by molar-refractivity contribution is 0.138. The van der Waals surface area contributed by atoms with E-state index in [0.29, 0.717) is 17.8 Å². The molecule has 1 aliphatic rings. The zero-order chi connectivity index (χ0) is 14.0. The van der Waals surface area contributed by atoms with Gasteiger partial charge in [0, 0.05) is 35.2 Å². The standard InChI is InChI=1S/C14H21BrN2O2.ClH/c1-9-5-12(16)3-4-17(9)8-10-6-11(15)7-13(19-2)14(10)18;/h6-7,9,12,18H,3-5,8,16H2,1-2H3;1H. The first-order valence-corrected chi connectivity index (χ1v) is 7.35. The molecular weight excluding hydrogens is 344 g/mol. The minimum absolute atomic E-state index is 0. The number of ether oxygens (including phenoxy) is 1. The molecule has 114 valence electrons. The molecule has 4 nitrogen and oxygen atoms in total. The van der Waals surface area contributed by atoms with Crippen LogP contribution < -0.4 is 10.5 Å². The summed E-state index contributed by atoms with van der Waals surface area (Å²) in [7, 11) is 1.56. The number of nitrogens with zero attached hydrogens (tertiary/aromatic N) is 1. The van der Waals surface area contributed by atoms with Crippen LogP contribution in [0.4, 0.5) is 0 Å². The normalized spacial score (nSPS) is 23.2. The summed E-state index contributed by atoms with van der Waals surface area (Å²) in [4.78, 5) is 2.35. The van der Waals surface area contributed by atoms with Gasteiger partial charge in [-0.25, -0.2) is 0 Å². The van der Waals surface area contributed by atoms with Crippen molar-refractivity contribution in [1.82, 2.24) is 4.90 Å². The number of likely N-dealkylation sites (tertiary alicyclic amines) is 1. The Morgan fingerprint density at radius 3 is 2.80 bits per heavy atom. The molecule has 1 fully saturated rings. The topological polar surface area (TPSA) is 58.7 Å². The predicted octanol–water partition coefficient (Wildman–Crippen LogP) is 2.90. The summed E-state index contributed by atoms with van der Waals surface area (Å²) >= 11 is 3.45. The Labute approximate surface area is 134 Å². The molecule has 0 bridgehead atoms. The monoisotopic (exact) mass is 364 g/mol. The minimum atomic E-state index is 0. The van der Waals surface area contributed by atoms with Crippen molar-refractivity contribution in [3.8, 4) is 11.5 Å². The van der Waals surface area contributed by atoms with E-state index in [1.165, 1.54) is 0 Å². The van der Waals surface area contributed by atoms with Gasteiger partial charge in [-0.1, -0.05) is 15.9 Å². The molecule has 1 aliphatic heterocycles. The number of halogens is 2. The lowest BCUT2D eigenvalue weighted by Gasteiger charge is -2.36. The van der Waals surface area contributed by atoms with Gasteiger partial charge in [-0.05, 0) is 31.9 Å². The maximum absolute atomic E-state index is 10.2. The first-order chi connectivity index (χ1) is 9.01. The lowest BCUT2D eigenvalue weighted by Crippen LogP contribution is -2.44. The Morgan fingerprint density at radius 2 is 2.20 bits per heavy atom. The van der Waals surface area contributed by atoms with Gasteiger partial charge < -0.3 is 15.6 Å². The molecule has 3 N–H and O–H groups in total. The summed E-state index contributed by atoms with van der Waals surface area (Å²) in [5.41, 5.74) is 6.86. The first-order valence-electron chi connectivity index (χ1n) is 6.56. The van der Waals surface area contributed by atoms with Crippen molar-refractivity contribution in [3.05, 3.63) is 22.2 Å². The molecule has 1 aromatic rings. The molecule has 2 atom stereocenters. The number of methoxy groups -OCH3 is 1. The second-order valence-corrected chi connectivity index (χ2v) is 6.14. The molecule has 2 unspecified atom stereocenters. The predicted molar refractivity (Wildman–Crippen MR) is 86.7 cm³/mol. The number of rotatable bonds is 3. The first kappa shape index (κ1) is 17.6. The maximum atomic E-state index is 10.2. The molecule has 1 saturated heterocycles. The van der Waals surface area contributed by atoms with E-state index in [2.05, 4.69) is 27.8 Å². The Morgan fingerprint density at radius 1 is 1.50 bits per heavy atom. The van der Waals surface area contributed by atoms with Crippen LogP contribution in [0.15, 0.2) is 16.6 Å². The number of nitrogens with two attached hydrogens (primary N) is 1. The molecule has 0 aliphatic carbocycles. The van der Waals surface area contributed by atoms with Crippen LogP contribution in [0.2, 0.25) is 0 Å². The van der Waals surface area contributed by atoms with Crippen LogP contribution >= 0.6 is 28.3 Å². The van der Waals surface area contributed by atoms with Crippen molar-refractivity contribution in [3.63, 3.8) is 0 Å². The van der Waals surface area contributed by atoms with Crippen LogP contribution in [0.1, 0.15) is 25.3 Å². The van der Waals surface area contributed by atoms with Gasteiger partial charge in [-0.2, -0.15) is 0 Å². The molecule has 1 heterocycles. The highest BCUT2D eigenvalue weighted by molar-refractivity contribution is 9.10. The lowest BCUT2D eigenvalue weighted by atomic mass is 9.98. The molecule has 0 spiro atoms. The fraction of sp³-hybridized carbons (Fsp3) is 0.571. The van der Waals surface area contributed by atoms with Gasteiger partial charge in [0.2, 0.25) is 0 Å². The Bertz CT molecular complexity index is 459. The van der Waals surface area contributed by atoms with Crippen LogP contribution in [-0.4, -0.2) is 35.7 Å². The third-order valence-electron chi connectivity index (χ3n) is 3.77. The highest BCUT2D eigenvalue weighted by Crippen LogP contribution is 2.35. The van der Waals surface area contributed by atoms with Crippen molar-refractivity contribution in [2.45, 2.75) is 38.4 Å². The molecule has 0 radical (unpaired) electrons. The van der Waals surface area contributed by atoms with Gasteiger partial charge >= 0.3 is 0 Å². The molecule has 6 heteroatoms. The zero-order valence-electron chi connectivity index (χ0n) is 11.8. The van der Waals surface area contributed by atoms with E-state index < -0.39 is 0 Å². The summed E-state index contributed by atoms with van der Waals surface area (Å²) in [6.07, 6.45) is 2.02. The van der Waals surface area contributed by atoms with E-state index in [-0.39, 0.29) is 18.2 Å². The second-order valence-electron chi connectivity index (χ2n) is 5.22.